The first-order valence-corrected chi connectivity index (χ1v) is 10.9. The summed E-state index contributed by atoms with van der Waals surface area (Å²) in [6.07, 6.45) is 10.1. The number of hydrogen-bond acceptors (Lipinski definition) is 4. The SMILES string of the molecule is C/C=C(\C=C/CC[C@@H](CC)CCC(C)CC(/C=C/C(C=N)=C/N)=N/O)C(F)(F)F.CC. The average Bonchev–Trinajstić information content (AvgIpc) is 2.75. The predicted octanol–water partition coefficient (Wildman–Crippen LogP) is 7.57. The van der Waals surface area contributed by atoms with Crippen LogP contribution in [0.1, 0.15) is 73.1 Å². The van der Waals surface area contributed by atoms with E-state index < -0.39 is 11.7 Å². The fourth-order valence-electron chi connectivity index (χ4n) is 2.91. The van der Waals surface area contributed by atoms with Gasteiger partial charge in [0.25, 0.3) is 0 Å². The highest BCUT2D eigenvalue weighted by Gasteiger charge is 2.30. The van der Waals surface area contributed by atoms with Crippen molar-refractivity contribution in [3.63, 3.8) is 0 Å². The molecule has 1 unspecified atom stereocenters. The van der Waals surface area contributed by atoms with E-state index in [9.17, 15) is 13.2 Å². The molecule has 0 saturated carbocycles. The van der Waals surface area contributed by atoms with Crippen LogP contribution in [0.5, 0.6) is 0 Å². The van der Waals surface area contributed by atoms with Gasteiger partial charge in [-0.05, 0) is 44.1 Å². The van der Waals surface area contributed by atoms with E-state index in [0.717, 1.165) is 44.0 Å². The number of oxime groups is 1. The molecule has 2 atom stereocenters. The standard InChI is InChI=1S/C22H34F3N3O.C2H6/c1-4-18(8-6-7-9-20(5-2)22(23,24)25)11-10-17(3)14-21(28-29)13-12-19(15-26)16-27;1-2/h5,7,9,12-13,15-18,26,29H,4,6,8,10-11,14,27H2,1-3H3;1-2H3/b9-7-,13-12+,19-16-,20-5+,26-15?,28-21+;/t17?,18-;/m1./s1. The van der Waals surface area contributed by atoms with Gasteiger partial charge in [-0.25, -0.2) is 0 Å². The summed E-state index contributed by atoms with van der Waals surface area (Å²) >= 11 is 0. The number of allylic oxidation sites excluding steroid dienone is 7. The topological polar surface area (TPSA) is 82.5 Å². The second-order valence-corrected chi connectivity index (χ2v) is 7.12. The van der Waals surface area contributed by atoms with E-state index in [1.807, 2.05) is 13.8 Å². The van der Waals surface area contributed by atoms with Crippen molar-refractivity contribution in [1.29, 1.82) is 5.41 Å². The van der Waals surface area contributed by atoms with Crippen molar-refractivity contribution in [1.82, 2.24) is 0 Å². The molecule has 0 aliphatic carbocycles. The molecular formula is C24H40F3N3O. The average molecular weight is 444 g/mol. The van der Waals surface area contributed by atoms with E-state index in [2.05, 4.69) is 19.0 Å². The van der Waals surface area contributed by atoms with Gasteiger partial charge in [-0.15, -0.1) is 0 Å². The van der Waals surface area contributed by atoms with Gasteiger partial charge >= 0.3 is 6.18 Å². The summed E-state index contributed by atoms with van der Waals surface area (Å²) in [4.78, 5) is 0. The number of nitrogens with two attached hydrogens (primary N) is 1. The number of hydrogen-bond donors (Lipinski definition) is 3. The van der Waals surface area contributed by atoms with Crippen LogP contribution < -0.4 is 5.73 Å². The maximum atomic E-state index is 12.7. The fraction of sp³-hybridized carbons (Fsp3) is 0.583. The highest BCUT2D eigenvalue weighted by atomic mass is 19.4. The Morgan fingerprint density at radius 1 is 1.13 bits per heavy atom. The van der Waals surface area contributed by atoms with Crippen molar-refractivity contribution < 1.29 is 18.4 Å². The largest absolute Gasteiger partial charge is 0.416 e. The lowest BCUT2D eigenvalue weighted by atomic mass is 9.89. The molecule has 0 aromatic carbocycles. The van der Waals surface area contributed by atoms with Crippen molar-refractivity contribution >= 4 is 11.9 Å². The van der Waals surface area contributed by atoms with E-state index in [0.29, 0.717) is 36.0 Å². The molecule has 0 heterocycles. The third-order valence-corrected chi connectivity index (χ3v) is 4.84. The highest BCUT2D eigenvalue weighted by molar-refractivity contribution is 5.96. The Bertz CT molecular complexity index is 632. The van der Waals surface area contributed by atoms with Crippen LogP contribution in [0, 0.1) is 17.2 Å². The van der Waals surface area contributed by atoms with E-state index in [1.54, 1.807) is 18.2 Å². The zero-order valence-electron chi connectivity index (χ0n) is 19.5. The maximum Gasteiger partial charge on any atom is 0.416 e. The third kappa shape index (κ3) is 15.2. The van der Waals surface area contributed by atoms with E-state index in [1.165, 1.54) is 13.1 Å². The van der Waals surface area contributed by atoms with Gasteiger partial charge in [-0.3, -0.25) is 0 Å². The first-order valence-electron chi connectivity index (χ1n) is 10.9. The Kier molecular flexibility index (Phi) is 18.4. The molecule has 0 rings (SSSR count). The van der Waals surface area contributed by atoms with Gasteiger partial charge in [0.15, 0.2) is 0 Å². The molecule has 0 aliphatic rings. The quantitative estimate of drug-likeness (QED) is 0.119. The van der Waals surface area contributed by atoms with Crippen LogP contribution in [0.3, 0.4) is 0 Å². The molecule has 0 aliphatic heterocycles. The van der Waals surface area contributed by atoms with Crippen LogP contribution in [0.15, 0.2) is 52.9 Å². The minimum Gasteiger partial charge on any atom is -0.411 e. The van der Waals surface area contributed by atoms with Crippen LogP contribution in [0.2, 0.25) is 0 Å². The van der Waals surface area contributed by atoms with Crippen LogP contribution in [-0.2, 0) is 0 Å². The summed E-state index contributed by atoms with van der Waals surface area (Å²) < 4.78 is 38.0. The van der Waals surface area contributed by atoms with Gasteiger partial charge in [0.2, 0.25) is 0 Å². The molecule has 4 nitrogen and oxygen atoms in total. The van der Waals surface area contributed by atoms with Crippen LogP contribution in [0.4, 0.5) is 13.2 Å². The minimum atomic E-state index is -4.30. The number of alkyl halides is 3. The molecule has 0 aromatic rings. The van der Waals surface area contributed by atoms with Crippen molar-refractivity contribution in [2.24, 2.45) is 22.7 Å². The van der Waals surface area contributed by atoms with E-state index in [4.69, 9.17) is 16.4 Å². The zero-order valence-corrected chi connectivity index (χ0v) is 19.5. The summed E-state index contributed by atoms with van der Waals surface area (Å²) in [6.45, 7) is 9.55. The smallest absolute Gasteiger partial charge is 0.411 e. The van der Waals surface area contributed by atoms with Gasteiger partial charge < -0.3 is 16.4 Å². The Morgan fingerprint density at radius 2 is 1.77 bits per heavy atom. The molecule has 0 amide bonds. The van der Waals surface area contributed by atoms with Crippen molar-refractivity contribution in [3.8, 4) is 0 Å². The molecule has 0 bridgehead atoms. The second-order valence-electron chi connectivity index (χ2n) is 7.12. The van der Waals surface area contributed by atoms with Crippen LogP contribution in [0.25, 0.3) is 0 Å². The van der Waals surface area contributed by atoms with E-state index in [-0.39, 0.29) is 0 Å². The van der Waals surface area contributed by atoms with Crippen molar-refractivity contribution in [3.05, 3.63) is 47.7 Å². The number of nitrogens with one attached hydrogen (secondary N) is 1. The summed E-state index contributed by atoms with van der Waals surface area (Å²) in [5.74, 6) is 0.733. The normalized spacial score (nSPS) is 15.7. The first-order chi connectivity index (χ1) is 14.7. The molecule has 0 spiro atoms. The zero-order chi connectivity index (χ0) is 24.3. The third-order valence-electron chi connectivity index (χ3n) is 4.84. The van der Waals surface area contributed by atoms with Gasteiger partial charge in [-0.1, -0.05) is 76.4 Å². The summed E-state index contributed by atoms with van der Waals surface area (Å²) in [7, 11) is 0. The predicted molar refractivity (Wildman–Crippen MR) is 126 cm³/mol. The Labute approximate surface area is 186 Å². The molecule has 7 heteroatoms. The van der Waals surface area contributed by atoms with Crippen molar-refractivity contribution in [2.45, 2.75) is 79.3 Å². The van der Waals surface area contributed by atoms with Crippen molar-refractivity contribution in [2.75, 3.05) is 0 Å². The van der Waals surface area contributed by atoms with Crippen LogP contribution in [-0.4, -0.2) is 23.3 Å². The van der Waals surface area contributed by atoms with Gasteiger partial charge in [-0.2, -0.15) is 13.2 Å². The Hall–Kier alpha value is -2.31. The molecular weight excluding hydrogens is 403 g/mol. The Balaban J connectivity index is 0. The summed E-state index contributed by atoms with van der Waals surface area (Å²) in [5.41, 5.74) is 5.79. The van der Waals surface area contributed by atoms with Gasteiger partial charge in [0.1, 0.15) is 0 Å². The lowest BCUT2D eigenvalue weighted by Gasteiger charge is -2.17. The van der Waals surface area contributed by atoms with Crippen LogP contribution >= 0.6 is 0 Å². The molecule has 0 fully saturated rings. The Morgan fingerprint density at radius 3 is 2.23 bits per heavy atom. The fourth-order valence-corrected chi connectivity index (χ4v) is 2.91. The highest BCUT2D eigenvalue weighted by Crippen LogP contribution is 2.27. The first kappa shape index (κ1) is 30.9. The van der Waals surface area contributed by atoms with Gasteiger partial charge in [0, 0.05) is 18.0 Å². The number of rotatable bonds is 13. The summed E-state index contributed by atoms with van der Waals surface area (Å²) in [6, 6.07) is 0. The lowest BCUT2D eigenvalue weighted by Crippen LogP contribution is -2.09. The summed E-state index contributed by atoms with van der Waals surface area (Å²) in [5, 5.41) is 19.6. The molecule has 178 valence electrons. The molecule has 4 N–H and O–H groups in total. The maximum absolute atomic E-state index is 12.7. The number of nitrogens with zero attached hydrogens (tertiary/aromatic N) is 1. The van der Waals surface area contributed by atoms with E-state index >= 15 is 0 Å². The lowest BCUT2D eigenvalue weighted by molar-refractivity contribution is -0.0883. The number of halogens is 3. The second kappa shape index (κ2) is 18.5. The monoisotopic (exact) mass is 443 g/mol. The van der Waals surface area contributed by atoms with Gasteiger partial charge in [0.05, 0.1) is 11.3 Å². The molecule has 0 radical (unpaired) electrons. The minimum absolute atomic E-state index is 0.292. The molecule has 0 saturated heterocycles. The molecule has 31 heavy (non-hydrogen) atoms. The molecule has 0 aromatic heterocycles.